The Hall–Kier alpha value is -1.46. The lowest BCUT2D eigenvalue weighted by molar-refractivity contribution is -0.384. The maximum absolute atomic E-state index is 10.5. The predicted molar refractivity (Wildman–Crippen MR) is 65.8 cm³/mol. The molecule has 92 valence electrons. The van der Waals surface area contributed by atoms with E-state index in [4.69, 9.17) is 0 Å². The Kier molecular flexibility index (Phi) is 3.71. The Morgan fingerprint density at radius 2 is 2.18 bits per heavy atom. The molecule has 2 rings (SSSR count). The third-order valence-corrected chi connectivity index (χ3v) is 3.17. The molecule has 1 fully saturated rings. The molecule has 1 aliphatic heterocycles. The SMILES string of the molecule is C[C@@H]1CNCCN1Cc1ccc([N+](=O)[O-])cc1. The van der Waals surface area contributed by atoms with Crippen LogP contribution < -0.4 is 5.32 Å². The van der Waals surface area contributed by atoms with Gasteiger partial charge in [-0.1, -0.05) is 12.1 Å². The third kappa shape index (κ3) is 3.01. The molecular formula is C12H17N3O2. The van der Waals surface area contributed by atoms with Crippen LogP contribution in [0.2, 0.25) is 0 Å². The summed E-state index contributed by atoms with van der Waals surface area (Å²) in [6.07, 6.45) is 0. The molecule has 0 unspecified atom stereocenters. The summed E-state index contributed by atoms with van der Waals surface area (Å²) in [5.41, 5.74) is 1.28. The van der Waals surface area contributed by atoms with Gasteiger partial charge in [0.25, 0.3) is 5.69 Å². The Morgan fingerprint density at radius 1 is 1.47 bits per heavy atom. The second-order valence-corrected chi connectivity index (χ2v) is 4.45. The number of piperazine rings is 1. The second-order valence-electron chi connectivity index (χ2n) is 4.45. The van der Waals surface area contributed by atoms with Crippen molar-refractivity contribution in [2.75, 3.05) is 19.6 Å². The van der Waals surface area contributed by atoms with Crippen molar-refractivity contribution in [1.29, 1.82) is 0 Å². The number of non-ortho nitro benzene ring substituents is 1. The van der Waals surface area contributed by atoms with E-state index in [2.05, 4.69) is 17.1 Å². The molecule has 1 heterocycles. The highest BCUT2D eigenvalue weighted by Crippen LogP contribution is 2.15. The van der Waals surface area contributed by atoms with Gasteiger partial charge in [0.2, 0.25) is 0 Å². The molecule has 0 aliphatic carbocycles. The molecule has 0 bridgehead atoms. The largest absolute Gasteiger partial charge is 0.314 e. The van der Waals surface area contributed by atoms with E-state index in [1.54, 1.807) is 12.1 Å². The molecule has 1 aliphatic rings. The van der Waals surface area contributed by atoms with Crippen LogP contribution >= 0.6 is 0 Å². The monoisotopic (exact) mass is 235 g/mol. The number of benzene rings is 1. The number of nitrogens with one attached hydrogen (secondary N) is 1. The first kappa shape index (κ1) is 12.0. The summed E-state index contributed by atoms with van der Waals surface area (Å²) in [6.45, 7) is 6.10. The molecule has 0 amide bonds. The summed E-state index contributed by atoms with van der Waals surface area (Å²) >= 11 is 0. The molecule has 0 radical (unpaired) electrons. The Balaban J connectivity index is 2.00. The molecular weight excluding hydrogens is 218 g/mol. The molecule has 5 heteroatoms. The van der Waals surface area contributed by atoms with E-state index < -0.39 is 0 Å². The van der Waals surface area contributed by atoms with Crippen LogP contribution in [0.5, 0.6) is 0 Å². The zero-order chi connectivity index (χ0) is 12.3. The van der Waals surface area contributed by atoms with Gasteiger partial charge in [-0.25, -0.2) is 0 Å². The number of nitrogens with zero attached hydrogens (tertiary/aromatic N) is 2. The molecule has 1 saturated heterocycles. The minimum atomic E-state index is -0.364. The molecule has 1 N–H and O–H groups in total. The van der Waals surface area contributed by atoms with E-state index in [0.717, 1.165) is 31.7 Å². The maximum atomic E-state index is 10.5. The van der Waals surface area contributed by atoms with Crippen molar-refractivity contribution in [1.82, 2.24) is 10.2 Å². The first-order valence-corrected chi connectivity index (χ1v) is 5.85. The highest BCUT2D eigenvalue weighted by molar-refractivity contribution is 5.32. The van der Waals surface area contributed by atoms with Crippen molar-refractivity contribution < 1.29 is 4.92 Å². The van der Waals surface area contributed by atoms with Crippen molar-refractivity contribution in [2.45, 2.75) is 19.5 Å². The fourth-order valence-corrected chi connectivity index (χ4v) is 2.08. The average molecular weight is 235 g/mol. The van der Waals surface area contributed by atoms with E-state index in [-0.39, 0.29) is 10.6 Å². The molecule has 0 spiro atoms. The smallest absolute Gasteiger partial charge is 0.269 e. The van der Waals surface area contributed by atoms with Gasteiger partial charge in [-0.3, -0.25) is 15.0 Å². The van der Waals surface area contributed by atoms with Crippen LogP contribution in [0.4, 0.5) is 5.69 Å². The Labute approximate surface area is 101 Å². The molecule has 0 saturated carbocycles. The van der Waals surface area contributed by atoms with Crippen LogP contribution in [0.25, 0.3) is 0 Å². The molecule has 5 nitrogen and oxygen atoms in total. The summed E-state index contributed by atoms with van der Waals surface area (Å²) < 4.78 is 0. The standard InChI is InChI=1S/C12H17N3O2/c1-10-8-13-6-7-14(10)9-11-2-4-12(5-3-11)15(16)17/h2-5,10,13H,6-9H2,1H3/t10-/m1/s1. The topological polar surface area (TPSA) is 58.4 Å². The Bertz CT molecular complexity index is 391. The number of nitro benzene ring substituents is 1. The highest BCUT2D eigenvalue weighted by Gasteiger charge is 2.17. The average Bonchev–Trinajstić information content (AvgIpc) is 2.33. The Morgan fingerprint density at radius 3 is 2.76 bits per heavy atom. The van der Waals surface area contributed by atoms with Gasteiger partial charge in [0.1, 0.15) is 0 Å². The van der Waals surface area contributed by atoms with Crippen LogP contribution in [-0.4, -0.2) is 35.5 Å². The maximum Gasteiger partial charge on any atom is 0.269 e. The van der Waals surface area contributed by atoms with Crippen molar-refractivity contribution >= 4 is 5.69 Å². The van der Waals surface area contributed by atoms with Crippen molar-refractivity contribution in [3.05, 3.63) is 39.9 Å². The van der Waals surface area contributed by atoms with Crippen molar-refractivity contribution in [3.8, 4) is 0 Å². The summed E-state index contributed by atoms with van der Waals surface area (Å²) in [5, 5.41) is 13.9. The lowest BCUT2D eigenvalue weighted by atomic mass is 10.1. The van der Waals surface area contributed by atoms with Gasteiger partial charge in [0, 0.05) is 44.4 Å². The minimum Gasteiger partial charge on any atom is -0.314 e. The summed E-state index contributed by atoms with van der Waals surface area (Å²) in [6, 6.07) is 7.34. The van der Waals surface area contributed by atoms with E-state index in [0.29, 0.717) is 6.04 Å². The molecule has 0 aromatic heterocycles. The molecule has 1 atom stereocenters. The third-order valence-electron chi connectivity index (χ3n) is 3.17. The summed E-state index contributed by atoms with van der Waals surface area (Å²) in [5.74, 6) is 0. The van der Waals surface area contributed by atoms with Gasteiger partial charge in [-0.15, -0.1) is 0 Å². The number of nitro groups is 1. The van der Waals surface area contributed by atoms with Gasteiger partial charge < -0.3 is 5.32 Å². The normalized spacial score (nSPS) is 21.4. The van der Waals surface area contributed by atoms with Gasteiger partial charge in [-0.2, -0.15) is 0 Å². The minimum absolute atomic E-state index is 0.155. The van der Waals surface area contributed by atoms with Gasteiger partial charge >= 0.3 is 0 Å². The first-order chi connectivity index (χ1) is 8.16. The molecule has 17 heavy (non-hydrogen) atoms. The van der Waals surface area contributed by atoms with Crippen LogP contribution in [0.15, 0.2) is 24.3 Å². The van der Waals surface area contributed by atoms with Gasteiger partial charge in [0.15, 0.2) is 0 Å². The quantitative estimate of drug-likeness (QED) is 0.635. The predicted octanol–water partition coefficient (Wildman–Crippen LogP) is 1.39. The number of hydrogen-bond acceptors (Lipinski definition) is 4. The fourth-order valence-electron chi connectivity index (χ4n) is 2.08. The van der Waals surface area contributed by atoms with E-state index in [1.807, 2.05) is 12.1 Å². The number of hydrogen-bond donors (Lipinski definition) is 1. The fraction of sp³-hybridized carbons (Fsp3) is 0.500. The highest BCUT2D eigenvalue weighted by atomic mass is 16.6. The lowest BCUT2D eigenvalue weighted by Crippen LogP contribution is -2.49. The van der Waals surface area contributed by atoms with Crippen molar-refractivity contribution in [2.24, 2.45) is 0 Å². The zero-order valence-electron chi connectivity index (χ0n) is 9.93. The van der Waals surface area contributed by atoms with E-state index >= 15 is 0 Å². The van der Waals surface area contributed by atoms with Crippen LogP contribution in [0, 0.1) is 10.1 Å². The molecule has 1 aromatic carbocycles. The van der Waals surface area contributed by atoms with Gasteiger partial charge in [-0.05, 0) is 12.5 Å². The van der Waals surface area contributed by atoms with Crippen LogP contribution in [0.1, 0.15) is 12.5 Å². The summed E-state index contributed by atoms with van der Waals surface area (Å²) in [7, 11) is 0. The van der Waals surface area contributed by atoms with Crippen LogP contribution in [0.3, 0.4) is 0 Å². The number of rotatable bonds is 3. The lowest BCUT2D eigenvalue weighted by Gasteiger charge is -2.33. The van der Waals surface area contributed by atoms with Gasteiger partial charge in [0.05, 0.1) is 4.92 Å². The first-order valence-electron chi connectivity index (χ1n) is 5.85. The molecule has 1 aromatic rings. The van der Waals surface area contributed by atoms with Crippen LogP contribution in [-0.2, 0) is 6.54 Å². The second kappa shape index (κ2) is 5.25. The van der Waals surface area contributed by atoms with Crippen molar-refractivity contribution in [3.63, 3.8) is 0 Å². The summed E-state index contributed by atoms with van der Waals surface area (Å²) in [4.78, 5) is 12.6. The van der Waals surface area contributed by atoms with E-state index in [1.165, 1.54) is 0 Å². The van der Waals surface area contributed by atoms with E-state index in [9.17, 15) is 10.1 Å². The zero-order valence-corrected chi connectivity index (χ0v) is 9.93.